The smallest absolute Gasteiger partial charge is 0.269 e. The van der Waals surface area contributed by atoms with Crippen LogP contribution in [0.15, 0.2) is 54.6 Å². The van der Waals surface area contributed by atoms with Gasteiger partial charge in [-0.2, -0.15) is 0 Å². The molecule has 3 aromatic rings. The number of nitrogens with zero attached hydrogens (tertiary/aromatic N) is 3. The third-order valence-corrected chi connectivity index (χ3v) is 3.63. The Kier molecular flexibility index (Phi) is 4.39. The van der Waals surface area contributed by atoms with Crippen molar-refractivity contribution in [3.8, 4) is 28.3 Å². The van der Waals surface area contributed by atoms with E-state index >= 15 is 0 Å². The van der Waals surface area contributed by atoms with Gasteiger partial charge in [0.05, 0.1) is 23.4 Å². The fourth-order valence-corrected chi connectivity index (χ4v) is 2.41. The zero-order valence-electron chi connectivity index (χ0n) is 12.6. The van der Waals surface area contributed by atoms with Crippen LogP contribution in [0.5, 0.6) is 5.75 Å². The summed E-state index contributed by atoms with van der Waals surface area (Å²) in [5.74, 6) is 0.745. The van der Waals surface area contributed by atoms with E-state index in [2.05, 4.69) is 9.97 Å². The Morgan fingerprint density at radius 3 is 1.92 bits per heavy atom. The molecule has 1 heterocycles. The Hall–Kier alpha value is -2.99. The van der Waals surface area contributed by atoms with Crippen molar-refractivity contribution in [3.05, 3.63) is 70.0 Å². The molecule has 0 aliphatic carbocycles. The molecule has 7 heteroatoms. The van der Waals surface area contributed by atoms with Crippen molar-refractivity contribution >= 4 is 17.3 Å². The molecular weight excluding hydrogens is 330 g/mol. The molecule has 3 rings (SSSR count). The second-order valence-corrected chi connectivity index (χ2v) is 5.28. The number of nitro groups is 1. The quantitative estimate of drug-likeness (QED) is 0.399. The zero-order valence-corrected chi connectivity index (χ0v) is 13.4. The zero-order chi connectivity index (χ0) is 17.1. The van der Waals surface area contributed by atoms with E-state index in [9.17, 15) is 10.1 Å². The molecule has 24 heavy (non-hydrogen) atoms. The third-order valence-electron chi connectivity index (χ3n) is 3.46. The molecule has 0 atom stereocenters. The van der Waals surface area contributed by atoms with E-state index in [1.807, 2.05) is 24.3 Å². The first-order valence-corrected chi connectivity index (χ1v) is 7.38. The van der Waals surface area contributed by atoms with E-state index < -0.39 is 4.92 Å². The van der Waals surface area contributed by atoms with Gasteiger partial charge >= 0.3 is 0 Å². The van der Waals surface area contributed by atoms with Gasteiger partial charge in [-0.1, -0.05) is 0 Å². The number of benzene rings is 2. The van der Waals surface area contributed by atoms with Crippen LogP contribution in [0.3, 0.4) is 0 Å². The van der Waals surface area contributed by atoms with Gasteiger partial charge in [-0.25, -0.2) is 9.97 Å². The molecule has 0 N–H and O–H groups in total. The summed E-state index contributed by atoms with van der Waals surface area (Å²) in [4.78, 5) is 18.7. The summed E-state index contributed by atoms with van der Waals surface area (Å²) in [6.45, 7) is 0. The summed E-state index contributed by atoms with van der Waals surface area (Å²) in [6.07, 6.45) is 0. The minimum atomic E-state index is -0.445. The van der Waals surface area contributed by atoms with Gasteiger partial charge < -0.3 is 4.74 Å². The third kappa shape index (κ3) is 3.33. The molecule has 1 aromatic heterocycles. The topological polar surface area (TPSA) is 78.2 Å². The fourth-order valence-electron chi connectivity index (χ4n) is 2.23. The first-order valence-electron chi connectivity index (χ1n) is 7.00. The van der Waals surface area contributed by atoms with E-state index in [0.29, 0.717) is 11.4 Å². The molecule has 120 valence electrons. The first kappa shape index (κ1) is 15.9. The number of non-ortho nitro benzene ring substituents is 1. The lowest BCUT2D eigenvalue weighted by Gasteiger charge is -2.07. The molecule has 0 saturated carbocycles. The summed E-state index contributed by atoms with van der Waals surface area (Å²) in [7, 11) is 1.60. The van der Waals surface area contributed by atoms with Crippen LogP contribution in [-0.2, 0) is 0 Å². The summed E-state index contributed by atoms with van der Waals surface area (Å²) >= 11 is 6.03. The predicted octanol–water partition coefficient (Wildman–Crippen LogP) is 4.38. The number of nitro benzene ring substituents is 1. The van der Waals surface area contributed by atoms with Gasteiger partial charge in [0.2, 0.25) is 5.28 Å². The molecule has 0 saturated heterocycles. The van der Waals surface area contributed by atoms with Crippen LogP contribution >= 0.6 is 11.6 Å². The van der Waals surface area contributed by atoms with Crippen molar-refractivity contribution in [3.63, 3.8) is 0 Å². The summed E-state index contributed by atoms with van der Waals surface area (Å²) < 4.78 is 5.14. The van der Waals surface area contributed by atoms with E-state index in [-0.39, 0.29) is 11.0 Å². The molecule has 0 bridgehead atoms. The van der Waals surface area contributed by atoms with Crippen molar-refractivity contribution in [2.45, 2.75) is 0 Å². The average Bonchev–Trinajstić information content (AvgIpc) is 2.61. The maximum atomic E-state index is 10.7. The van der Waals surface area contributed by atoms with Crippen molar-refractivity contribution in [2.75, 3.05) is 7.11 Å². The van der Waals surface area contributed by atoms with Gasteiger partial charge in [0, 0.05) is 23.3 Å². The van der Waals surface area contributed by atoms with Crippen molar-refractivity contribution < 1.29 is 9.66 Å². The highest BCUT2D eigenvalue weighted by atomic mass is 35.5. The number of hydrogen-bond donors (Lipinski definition) is 0. The molecule has 2 aromatic carbocycles. The maximum absolute atomic E-state index is 10.7. The Bertz CT molecular complexity index is 881. The Morgan fingerprint density at radius 2 is 1.46 bits per heavy atom. The van der Waals surface area contributed by atoms with Crippen molar-refractivity contribution in [2.24, 2.45) is 0 Å². The van der Waals surface area contributed by atoms with Gasteiger partial charge in [-0.15, -0.1) is 0 Å². The summed E-state index contributed by atoms with van der Waals surface area (Å²) in [5, 5.41) is 10.9. The Balaban J connectivity index is 2.00. The highest BCUT2D eigenvalue weighted by Gasteiger charge is 2.10. The number of rotatable bonds is 4. The highest BCUT2D eigenvalue weighted by molar-refractivity contribution is 6.28. The fraction of sp³-hybridized carbons (Fsp3) is 0.0588. The van der Waals surface area contributed by atoms with Gasteiger partial charge in [0.15, 0.2) is 0 Å². The molecule has 0 amide bonds. The molecule has 6 nitrogen and oxygen atoms in total. The molecular formula is C17H12ClN3O3. The summed E-state index contributed by atoms with van der Waals surface area (Å²) in [6, 6.07) is 15.3. The second kappa shape index (κ2) is 6.64. The van der Waals surface area contributed by atoms with Crippen LogP contribution in [0, 0.1) is 10.1 Å². The normalized spacial score (nSPS) is 10.4. The Morgan fingerprint density at radius 1 is 0.958 bits per heavy atom. The molecule has 0 radical (unpaired) electrons. The van der Waals surface area contributed by atoms with Crippen LogP contribution in [0.2, 0.25) is 5.28 Å². The van der Waals surface area contributed by atoms with Gasteiger partial charge in [-0.3, -0.25) is 10.1 Å². The predicted molar refractivity (Wildman–Crippen MR) is 91.1 cm³/mol. The monoisotopic (exact) mass is 341 g/mol. The van der Waals surface area contributed by atoms with E-state index in [4.69, 9.17) is 16.3 Å². The van der Waals surface area contributed by atoms with Gasteiger partial charge in [0.25, 0.3) is 5.69 Å². The highest BCUT2D eigenvalue weighted by Crippen LogP contribution is 2.27. The molecule has 0 fully saturated rings. The van der Waals surface area contributed by atoms with Crippen LogP contribution in [0.1, 0.15) is 0 Å². The van der Waals surface area contributed by atoms with Crippen molar-refractivity contribution in [1.82, 2.24) is 9.97 Å². The molecule has 0 aliphatic heterocycles. The van der Waals surface area contributed by atoms with Gasteiger partial charge in [-0.05, 0) is 54.1 Å². The number of methoxy groups -OCH3 is 1. The van der Waals surface area contributed by atoms with E-state index in [1.54, 1.807) is 25.3 Å². The first-order chi connectivity index (χ1) is 11.6. The van der Waals surface area contributed by atoms with Crippen LogP contribution in [0.4, 0.5) is 5.69 Å². The van der Waals surface area contributed by atoms with Crippen LogP contribution < -0.4 is 4.74 Å². The summed E-state index contributed by atoms with van der Waals surface area (Å²) in [5.41, 5.74) is 2.86. The average molecular weight is 342 g/mol. The van der Waals surface area contributed by atoms with Crippen molar-refractivity contribution in [1.29, 1.82) is 0 Å². The standard InChI is InChI=1S/C17H12ClN3O3/c1-24-14-8-4-12(5-9-14)16-10-15(19-17(18)20-16)11-2-6-13(7-3-11)21(22)23/h2-10H,1H3. The van der Waals surface area contributed by atoms with E-state index in [0.717, 1.165) is 16.9 Å². The molecule has 0 spiro atoms. The molecule has 0 unspecified atom stereocenters. The lowest BCUT2D eigenvalue weighted by Crippen LogP contribution is -1.93. The van der Waals surface area contributed by atoms with E-state index in [1.165, 1.54) is 12.1 Å². The number of hydrogen-bond acceptors (Lipinski definition) is 5. The lowest BCUT2D eigenvalue weighted by molar-refractivity contribution is -0.384. The van der Waals surface area contributed by atoms with Gasteiger partial charge in [0.1, 0.15) is 5.75 Å². The number of aromatic nitrogens is 2. The van der Waals surface area contributed by atoms with Crippen LogP contribution in [-0.4, -0.2) is 22.0 Å². The molecule has 0 aliphatic rings. The maximum Gasteiger partial charge on any atom is 0.269 e. The SMILES string of the molecule is COc1ccc(-c2cc(-c3ccc([N+](=O)[O-])cc3)nc(Cl)n2)cc1. The largest absolute Gasteiger partial charge is 0.497 e. The number of halogens is 1. The minimum Gasteiger partial charge on any atom is -0.497 e. The number of ether oxygens (including phenoxy) is 1. The Labute approximate surface area is 142 Å². The van der Waals surface area contributed by atoms with Crippen LogP contribution in [0.25, 0.3) is 22.5 Å². The lowest BCUT2D eigenvalue weighted by atomic mass is 10.1. The minimum absolute atomic E-state index is 0.0225. The second-order valence-electron chi connectivity index (χ2n) is 4.94.